The third-order valence-corrected chi connectivity index (χ3v) is 8.07. The fourth-order valence-electron chi connectivity index (χ4n) is 4.41. The van der Waals surface area contributed by atoms with Gasteiger partial charge in [-0.3, -0.25) is 0 Å². The van der Waals surface area contributed by atoms with Gasteiger partial charge < -0.3 is 15.3 Å². The van der Waals surface area contributed by atoms with Crippen LogP contribution in [0.4, 0.5) is 0 Å². The topological polar surface area (TPSA) is 94.8 Å². The van der Waals surface area contributed by atoms with E-state index >= 15 is 0 Å². The molecule has 0 spiro atoms. The molecule has 0 radical (unpaired) electrons. The molecule has 6 heteroatoms. The zero-order valence-electron chi connectivity index (χ0n) is 16.3. The summed E-state index contributed by atoms with van der Waals surface area (Å²) in [6.45, 7) is 3.97. The van der Waals surface area contributed by atoms with Gasteiger partial charge in [0.25, 0.3) is 0 Å². The zero-order chi connectivity index (χ0) is 20.5. The van der Waals surface area contributed by atoms with Crippen LogP contribution in [0.25, 0.3) is 0 Å². The van der Waals surface area contributed by atoms with E-state index in [2.05, 4.69) is 0 Å². The molecule has 3 N–H and O–H groups in total. The number of aliphatic hydroxyl groups is 1. The summed E-state index contributed by atoms with van der Waals surface area (Å²) in [6, 6.07) is 10.7. The molecule has 0 amide bonds. The predicted molar refractivity (Wildman–Crippen MR) is 108 cm³/mol. The number of phenolic OH excluding ortho intramolecular Hbond substituents is 2. The fourth-order valence-corrected chi connectivity index (χ4v) is 6.66. The summed E-state index contributed by atoms with van der Waals surface area (Å²) in [5.41, 5.74) is 0.333. The summed E-state index contributed by atoms with van der Waals surface area (Å²) in [7, 11) is -3.65. The first kappa shape index (κ1) is 20.7. The molecule has 1 aliphatic rings. The van der Waals surface area contributed by atoms with E-state index in [-0.39, 0.29) is 22.1 Å². The molecule has 28 heavy (non-hydrogen) atoms. The van der Waals surface area contributed by atoms with E-state index in [1.54, 1.807) is 12.1 Å². The Kier molecular flexibility index (Phi) is 5.73. The molecule has 2 aromatic carbocycles. The fraction of sp³-hybridized carbons (Fsp3) is 0.455. The minimum absolute atomic E-state index is 0.0394. The van der Waals surface area contributed by atoms with E-state index in [1.165, 1.54) is 30.3 Å². The Bertz CT molecular complexity index is 936. The van der Waals surface area contributed by atoms with Crippen molar-refractivity contribution < 1.29 is 23.7 Å². The molecule has 0 aliphatic carbocycles. The van der Waals surface area contributed by atoms with Crippen molar-refractivity contribution in [2.24, 2.45) is 5.41 Å². The highest BCUT2D eigenvalue weighted by Crippen LogP contribution is 2.49. The first-order valence-electron chi connectivity index (χ1n) is 9.77. The first-order valence-corrected chi connectivity index (χ1v) is 11.4. The number of hydrogen-bond donors (Lipinski definition) is 3. The van der Waals surface area contributed by atoms with Crippen LogP contribution in [0.3, 0.4) is 0 Å². The second kappa shape index (κ2) is 7.76. The maximum Gasteiger partial charge on any atom is 0.179 e. The summed E-state index contributed by atoms with van der Waals surface area (Å²) in [6.07, 6.45) is 1.93. The quantitative estimate of drug-likeness (QED) is 0.701. The van der Waals surface area contributed by atoms with Crippen LogP contribution in [-0.4, -0.2) is 35.6 Å². The molecule has 2 aromatic rings. The highest BCUT2D eigenvalue weighted by Gasteiger charge is 2.48. The summed E-state index contributed by atoms with van der Waals surface area (Å²) in [4.78, 5) is 0.161. The summed E-state index contributed by atoms with van der Waals surface area (Å²) in [5, 5.41) is 31.3. The lowest BCUT2D eigenvalue weighted by Crippen LogP contribution is -2.42. The summed E-state index contributed by atoms with van der Waals surface area (Å²) in [5.74, 6) is -0.674. The van der Waals surface area contributed by atoms with Crippen LogP contribution >= 0.6 is 0 Å². The second-order valence-corrected chi connectivity index (χ2v) is 9.77. The summed E-state index contributed by atoms with van der Waals surface area (Å²) >= 11 is 0. The predicted octanol–water partition coefficient (Wildman–Crippen LogP) is 3.96. The highest BCUT2D eigenvalue weighted by molar-refractivity contribution is 7.91. The van der Waals surface area contributed by atoms with Gasteiger partial charge in [0.2, 0.25) is 0 Å². The lowest BCUT2D eigenvalue weighted by Gasteiger charge is -2.39. The number of phenols is 2. The molecule has 5 nitrogen and oxygen atoms in total. The van der Waals surface area contributed by atoms with E-state index in [4.69, 9.17) is 0 Å². The van der Waals surface area contributed by atoms with Gasteiger partial charge in [-0.2, -0.15) is 0 Å². The third-order valence-electron chi connectivity index (χ3n) is 6.07. The molecular weight excluding hydrogens is 376 g/mol. The van der Waals surface area contributed by atoms with E-state index < -0.39 is 27.3 Å². The van der Waals surface area contributed by atoms with Crippen molar-refractivity contribution in [1.82, 2.24) is 0 Å². The SMILES string of the molecule is CCCC[C@]1(CC)CS(=O)(=O)c2ccc(O)cc2[C@@H](c2ccc(O)cc2)[C@H]1O. The number of fused-ring (bicyclic) bond motifs is 1. The molecule has 0 saturated carbocycles. The van der Waals surface area contributed by atoms with E-state index in [1.807, 2.05) is 13.8 Å². The molecule has 0 bridgehead atoms. The Morgan fingerprint density at radius 3 is 2.29 bits per heavy atom. The normalized spacial score (nSPS) is 26.4. The van der Waals surface area contributed by atoms with Gasteiger partial charge in [0.1, 0.15) is 11.5 Å². The Labute approximate surface area is 166 Å². The lowest BCUT2D eigenvalue weighted by molar-refractivity contribution is 0.0174. The minimum atomic E-state index is -3.65. The van der Waals surface area contributed by atoms with E-state index in [0.29, 0.717) is 24.0 Å². The number of sulfone groups is 1. The molecule has 0 fully saturated rings. The van der Waals surface area contributed by atoms with Gasteiger partial charge in [-0.05, 0) is 54.3 Å². The van der Waals surface area contributed by atoms with E-state index in [0.717, 1.165) is 12.8 Å². The van der Waals surface area contributed by atoms with Crippen molar-refractivity contribution in [2.45, 2.75) is 56.4 Å². The lowest BCUT2D eigenvalue weighted by atomic mass is 9.69. The molecule has 1 aliphatic heterocycles. The Balaban J connectivity index is 2.28. The van der Waals surface area contributed by atoms with Crippen LogP contribution in [0.1, 0.15) is 56.6 Å². The molecule has 0 aromatic heterocycles. The van der Waals surface area contributed by atoms with Crippen LogP contribution in [0.15, 0.2) is 47.4 Å². The van der Waals surface area contributed by atoms with Crippen molar-refractivity contribution in [2.75, 3.05) is 5.75 Å². The Hall–Kier alpha value is -2.05. The number of aliphatic hydroxyl groups excluding tert-OH is 1. The molecule has 0 saturated heterocycles. The number of hydrogen-bond acceptors (Lipinski definition) is 5. The maximum absolute atomic E-state index is 13.3. The molecule has 152 valence electrons. The highest BCUT2D eigenvalue weighted by atomic mass is 32.2. The van der Waals surface area contributed by atoms with Gasteiger partial charge >= 0.3 is 0 Å². The van der Waals surface area contributed by atoms with Crippen molar-refractivity contribution in [3.05, 3.63) is 53.6 Å². The average Bonchev–Trinajstić information content (AvgIpc) is 2.72. The zero-order valence-corrected chi connectivity index (χ0v) is 17.1. The van der Waals surface area contributed by atoms with Gasteiger partial charge in [0, 0.05) is 11.3 Å². The van der Waals surface area contributed by atoms with Gasteiger partial charge in [0.15, 0.2) is 9.84 Å². The van der Waals surface area contributed by atoms with Crippen LogP contribution in [-0.2, 0) is 9.84 Å². The maximum atomic E-state index is 13.3. The van der Waals surface area contributed by atoms with Crippen molar-refractivity contribution in [1.29, 1.82) is 0 Å². The van der Waals surface area contributed by atoms with Gasteiger partial charge in [-0.15, -0.1) is 0 Å². The molecule has 0 unspecified atom stereocenters. The number of benzene rings is 2. The number of aromatic hydroxyl groups is 2. The van der Waals surface area contributed by atoms with Crippen molar-refractivity contribution >= 4 is 9.84 Å². The summed E-state index contributed by atoms with van der Waals surface area (Å²) < 4.78 is 26.6. The van der Waals surface area contributed by atoms with Crippen LogP contribution in [0.2, 0.25) is 0 Å². The van der Waals surface area contributed by atoms with Gasteiger partial charge in [0.05, 0.1) is 16.8 Å². The van der Waals surface area contributed by atoms with Crippen molar-refractivity contribution in [3.8, 4) is 11.5 Å². The monoisotopic (exact) mass is 404 g/mol. The number of rotatable bonds is 5. The smallest absolute Gasteiger partial charge is 0.179 e. The largest absolute Gasteiger partial charge is 0.508 e. The van der Waals surface area contributed by atoms with Gasteiger partial charge in [-0.1, -0.05) is 38.8 Å². The molecule has 3 rings (SSSR count). The Morgan fingerprint density at radius 2 is 1.68 bits per heavy atom. The average molecular weight is 405 g/mol. The minimum Gasteiger partial charge on any atom is -0.508 e. The van der Waals surface area contributed by atoms with Crippen molar-refractivity contribution in [3.63, 3.8) is 0 Å². The molecular formula is C22H28O5S. The first-order chi connectivity index (χ1) is 13.2. The van der Waals surface area contributed by atoms with Crippen LogP contribution in [0.5, 0.6) is 11.5 Å². The Morgan fingerprint density at radius 1 is 1.04 bits per heavy atom. The molecule has 1 heterocycles. The second-order valence-electron chi connectivity index (χ2n) is 7.81. The molecule has 3 atom stereocenters. The standard InChI is InChI=1S/C22H28O5S/c1-3-5-12-22(4-2)14-28(26,27)19-11-10-17(24)13-18(19)20(21(22)25)15-6-8-16(23)9-7-15/h6-11,13,20-21,23-25H,3-5,12,14H2,1-2H3/t20-,21-,22-/m1/s1. The van der Waals surface area contributed by atoms with Crippen LogP contribution in [0, 0.1) is 5.41 Å². The number of unbranched alkanes of at least 4 members (excludes halogenated alkanes) is 1. The van der Waals surface area contributed by atoms with Gasteiger partial charge in [-0.25, -0.2) is 8.42 Å². The van der Waals surface area contributed by atoms with Crippen LogP contribution < -0.4 is 0 Å². The third kappa shape index (κ3) is 3.63. The van der Waals surface area contributed by atoms with E-state index in [9.17, 15) is 23.7 Å².